The number of esters is 1. The lowest BCUT2D eigenvalue weighted by atomic mass is 10.0. The number of unbranched alkanes of at least 4 members (excludes halogenated alkanes) is 12. The molecule has 0 aromatic rings. The molecule has 0 atom stereocenters. The molecule has 0 saturated carbocycles. The number of rotatable bonds is 39. The van der Waals surface area contributed by atoms with E-state index in [-0.39, 0.29) is 5.97 Å². The summed E-state index contributed by atoms with van der Waals surface area (Å²) >= 11 is 0. The lowest BCUT2D eigenvalue weighted by Crippen LogP contribution is -2.15. The third-order valence-corrected chi connectivity index (χ3v) is 6.67. The van der Waals surface area contributed by atoms with Gasteiger partial charge in [-0.15, -0.1) is 0 Å². The molecule has 0 aromatic heterocycles. The van der Waals surface area contributed by atoms with Gasteiger partial charge in [-0.1, -0.05) is 90.6 Å². The van der Waals surface area contributed by atoms with Crippen LogP contribution < -0.4 is 0 Å². The highest BCUT2D eigenvalue weighted by Crippen LogP contribution is 2.13. The molecule has 44 heavy (non-hydrogen) atoms. The van der Waals surface area contributed by atoms with Crippen LogP contribution in [-0.2, 0) is 47.4 Å². The van der Waals surface area contributed by atoms with Crippen LogP contribution in [0.5, 0.6) is 0 Å². The normalized spacial score (nSPS) is 11.2. The summed E-state index contributed by atoms with van der Waals surface area (Å²) in [6.07, 6.45) is 18.8. The van der Waals surface area contributed by atoms with Gasteiger partial charge in [0.2, 0.25) is 0 Å². The smallest absolute Gasteiger partial charge is 0.305 e. The Labute approximate surface area is 268 Å². The Morgan fingerprint density at radius 2 is 0.727 bits per heavy atom. The average molecular weight is 635 g/mol. The van der Waals surface area contributed by atoms with Gasteiger partial charge in [0.1, 0.15) is 13.2 Å². The summed E-state index contributed by atoms with van der Waals surface area (Å²) in [5.74, 6) is -0.129. The van der Waals surface area contributed by atoms with Crippen molar-refractivity contribution in [3.05, 3.63) is 12.8 Å². The van der Waals surface area contributed by atoms with Crippen molar-refractivity contribution >= 4 is 5.97 Å². The summed E-state index contributed by atoms with van der Waals surface area (Å²) in [5.41, 5.74) is 0. The molecule has 0 aliphatic heterocycles. The number of carbonyl (C=O) groups excluding carboxylic acids is 1. The highest BCUT2D eigenvalue weighted by Gasteiger charge is 2.03. The Balaban J connectivity index is 3.13. The summed E-state index contributed by atoms with van der Waals surface area (Å²) in [6.45, 7) is 13.5. The minimum Gasteiger partial charge on any atom is -0.499 e. The quantitative estimate of drug-likeness (QED) is 0.0436. The van der Waals surface area contributed by atoms with Gasteiger partial charge in [-0.3, -0.25) is 4.79 Å². The van der Waals surface area contributed by atoms with Crippen molar-refractivity contribution in [3.63, 3.8) is 0 Å². The minimum atomic E-state index is -0.129. The van der Waals surface area contributed by atoms with Crippen molar-refractivity contribution in [2.75, 3.05) is 106 Å². The molecule has 0 aromatic carbocycles. The van der Waals surface area contributed by atoms with E-state index in [1.807, 2.05) is 0 Å². The number of carbonyl (C=O) groups is 1. The van der Waals surface area contributed by atoms with Gasteiger partial charge in [0, 0.05) is 6.42 Å². The van der Waals surface area contributed by atoms with E-state index >= 15 is 0 Å². The van der Waals surface area contributed by atoms with E-state index in [2.05, 4.69) is 13.5 Å². The maximum absolute atomic E-state index is 11.8. The van der Waals surface area contributed by atoms with Crippen LogP contribution in [0.25, 0.3) is 0 Å². The van der Waals surface area contributed by atoms with Gasteiger partial charge in [-0.25, -0.2) is 0 Å². The highest BCUT2D eigenvalue weighted by atomic mass is 16.6. The van der Waals surface area contributed by atoms with Crippen LogP contribution >= 0.6 is 0 Å². The van der Waals surface area contributed by atoms with E-state index in [0.29, 0.717) is 112 Å². The Hall–Kier alpha value is -1.27. The van der Waals surface area contributed by atoms with E-state index in [1.165, 1.54) is 76.9 Å². The molecule has 0 aliphatic carbocycles. The molecule has 0 fully saturated rings. The zero-order valence-corrected chi connectivity index (χ0v) is 28.1. The predicted octanol–water partition coefficient (Wildman–Crippen LogP) is 6.29. The number of hydrogen-bond acceptors (Lipinski definition) is 10. The van der Waals surface area contributed by atoms with E-state index in [1.54, 1.807) is 0 Å². The predicted molar refractivity (Wildman–Crippen MR) is 173 cm³/mol. The maximum atomic E-state index is 11.8. The van der Waals surface area contributed by atoms with Crippen molar-refractivity contribution in [2.24, 2.45) is 0 Å². The van der Waals surface area contributed by atoms with Crippen molar-refractivity contribution in [1.29, 1.82) is 0 Å². The monoisotopic (exact) mass is 634 g/mol. The van der Waals surface area contributed by atoms with Gasteiger partial charge >= 0.3 is 5.97 Å². The fourth-order valence-corrected chi connectivity index (χ4v) is 4.19. The molecule has 0 spiro atoms. The van der Waals surface area contributed by atoms with Crippen LogP contribution in [0, 0.1) is 0 Å². The molecular weight excluding hydrogens is 568 g/mol. The first-order valence-corrected chi connectivity index (χ1v) is 17.2. The van der Waals surface area contributed by atoms with Crippen LogP contribution in [0.2, 0.25) is 0 Å². The van der Waals surface area contributed by atoms with Crippen molar-refractivity contribution < 1.29 is 47.4 Å². The van der Waals surface area contributed by atoms with Crippen LogP contribution in [0.3, 0.4) is 0 Å². The number of hydrogen-bond donors (Lipinski definition) is 0. The minimum absolute atomic E-state index is 0.129. The molecule has 0 radical (unpaired) electrons. The van der Waals surface area contributed by atoms with Gasteiger partial charge < -0.3 is 42.6 Å². The fraction of sp³-hybridized carbons (Fsp3) is 0.912. The van der Waals surface area contributed by atoms with Crippen LogP contribution in [-0.4, -0.2) is 112 Å². The molecule has 262 valence electrons. The molecule has 0 heterocycles. The third-order valence-electron chi connectivity index (χ3n) is 6.67. The van der Waals surface area contributed by atoms with E-state index in [0.717, 1.165) is 12.8 Å². The second-order valence-electron chi connectivity index (χ2n) is 10.5. The van der Waals surface area contributed by atoms with Crippen molar-refractivity contribution in [1.82, 2.24) is 0 Å². The summed E-state index contributed by atoms with van der Waals surface area (Å²) < 4.78 is 48.2. The molecule has 10 heteroatoms. The lowest BCUT2D eigenvalue weighted by Gasteiger charge is -2.09. The Bertz CT molecular complexity index is 564. The molecule has 10 nitrogen and oxygen atoms in total. The van der Waals surface area contributed by atoms with Crippen LogP contribution in [0.4, 0.5) is 0 Å². The van der Waals surface area contributed by atoms with Crippen molar-refractivity contribution in [2.45, 2.75) is 96.8 Å². The van der Waals surface area contributed by atoms with E-state index < -0.39 is 0 Å². The SMILES string of the molecule is C=COCCOCCOCCOCCOCCOCCOCCOCCOC(=O)CCCCCCCCCCCCCCC. The van der Waals surface area contributed by atoms with Gasteiger partial charge in [0.25, 0.3) is 0 Å². The molecule has 0 bridgehead atoms. The first-order chi connectivity index (χ1) is 21.8. The Kier molecular flexibility index (Phi) is 38.6. The average Bonchev–Trinajstić information content (AvgIpc) is 3.03. The first-order valence-electron chi connectivity index (χ1n) is 17.2. The summed E-state index contributed by atoms with van der Waals surface area (Å²) in [5, 5.41) is 0. The second kappa shape index (κ2) is 39.8. The van der Waals surface area contributed by atoms with Gasteiger partial charge in [0.05, 0.1) is 98.8 Å². The van der Waals surface area contributed by atoms with Gasteiger partial charge in [0.15, 0.2) is 0 Å². The molecule has 0 amide bonds. The molecule has 0 unspecified atom stereocenters. The molecule has 0 aliphatic rings. The zero-order chi connectivity index (χ0) is 31.9. The highest BCUT2D eigenvalue weighted by molar-refractivity contribution is 5.69. The third kappa shape index (κ3) is 38.8. The first kappa shape index (κ1) is 42.7. The summed E-state index contributed by atoms with van der Waals surface area (Å²) in [7, 11) is 0. The number of ether oxygens (including phenoxy) is 9. The molecule has 0 saturated heterocycles. The molecule has 0 N–H and O–H groups in total. The molecule has 0 rings (SSSR count). The maximum Gasteiger partial charge on any atom is 0.305 e. The standard InChI is InChI=1S/C34H66O10/c1-3-5-6-7-8-9-10-11-12-13-14-15-16-17-34(35)44-33-32-43-31-30-42-29-28-41-27-26-40-25-24-39-23-22-38-21-20-37-19-18-36-4-2/h4H,2-3,5-33H2,1H3. The van der Waals surface area contributed by atoms with Gasteiger partial charge in [-0.05, 0) is 6.42 Å². The Morgan fingerprint density at radius 1 is 0.432 bits per heavy atom. The topological polar surface area (TPSA) is 100 Å². The van der Waals surface area contributed by atoms with E-state index in [9.17, 15) is 4.79 Å². The van der Waals surface area contributed by atoms with Crippen molar-refractivity contribution in [3.8, 4) is 0 Å². The summed E-state index contributed by atoms with van der Waals surface area (Å²) in [4.78, 5) is 11.8. The second-order valence-corrected chi connectivity index (χ2v) is 10.5. The van der Waals surface area contributed by atoms with Crippen LogP contribution in [0.15, 0.2) is 12.8 Å². The van der Waals surface area contributed by atoms with Crippen LogP contribution in [0.1, 0.15) is 96.8 Å². The Morgan fingerprint density at radius 3 is 1.07 bits per heavy atom. The van der Waals surface area contributed by atoms with E-state index in [4.69, 9.17) is 42.6 Å². The van der Waals surface area contributed by atoms with Gasteiger partial charge in [-0.2, -0.15) is 0 Å². The summed E-state index contributed by atoms with van der Waals surface area (Å²) in [6, 6.07) is 0. The largest absolute Gasteiger partial charge is 0.499 e. The zero-order valence-electron chi connectivity index (χ0n) is 28.1. The lowest BCUT2D eigenvalue weighted by molar-refractivity contribution is -0.145. The fourth-order valence-electron chi connectivity index (χ4n) is 4.19. The molecular formula is C34H66O10.